The second kappa shape index (κ2) is 30.0. The number of thioether (sulfide) groups is 1. The smallest absolute Gasteiger partial charge is 0.747 e. The standard InChI is InChI=1S/C45H59N7O13S4.Na/c53-36(15-5-2-9-22-46-37(54)16-7-6-14-34-40-33(28-66-34)50-45(61)51-40)47-23-10-8-13-32(49-42(58)31-19-17-30(18-20-31)41(57)29-11-3-1-4-12-29)43(59)48-24-26-68-67-25-21-39(56)65-52-38(55)27-35(44(52)60)69(62,63)64;/h1,3-4,11-12,17-20,32-35,40H,2,5-10,13-16,21-28H2,(H,46,54)(H,47,53)(H,48,59)(H,49,58)(H2,50,51,61)(H,62,63,64);/q;+1/p-1/t32-,33-,34-,35?,40-;/m1./s1. The molecule has 70 heavy (non-hydrogen) atoms. The summed E-state index contributed by atoms with van der Waals surface area (Å²) < 4.78 is 33.6. The third-order valence-electron chi connectivity index (χ3n) is 11.4. The molecular formula is C45H58N7NaO13S4. The number of urea groups is 1. The second-order valence-corrected chi connectivity index (χ2v) is 22.1. The monoisotopic (exact) mass is 1060 g/mol. The minimum absolute atomic E-state index is 0. The summed E-state index contributed by atoms with van der Waals surface area (Å²) in [7, 11) is -2.57. The van der Waals surface area contributed by atoms with Gasteiger partial charge in [0.15, 0.2) is 5.78 Å². The van der Waals surface area contributed by atoms with E-state index in [0.717, 1.165) is 37.9 Å². The first kappa shape index (κ1) is 58.4. The maximum absolute atomic E-state index is 13.4. The van der Waals surface area contributed by atoms with Crippen LogP contribution in [0, 0.1) is 0 Å². The number of nitrogens with zero attached hydrogens (tertiary/aromatic N) is 1. The van der Waals surface area contributed by atoms with Crippen molar-refractivity contribution in [2.24, 2.45) is 0 Å². The second-order valence-electron chi connectivity index (χ2n) is 16.5. The van der Waals surface area contributed by atoms with Gasteiger partial charge in [-0.05, 0) is 57.1 Å². The molecule has 6 N–H and O–H groups in total. The maximum atomic E-state index is 13.4. The summed E-state index contributed by atoms with van der Waals surface area (Å²) in [5.74, 6) is -3.29. The maximum Gasteiger partial charge on any atom is 1.00 e. The number of nitrogens with one attached hydrogen (secondary N) is 6. The minimum Gasteiger partial charge on any atom is -0.747 e. The van der Waals surface area contributed by atoms with Gasteiger partial charge in [0.25, 0.3) is 17.7 Å². The van der Waals surface area contributed by atoms with Gasteiger partial charge in [-0.25, -0.2) is 18.0 Å². The number of amides is 8. The molecular weight excluding hydrogens is 998 g/mol. The predicted molar refractivity (Wildman–Crippen MR) is 258 cm³/mol. The average Bonchev–Trinajstić information content (AvgIpc) is 3.98. The van der Waals surface area contributed by atoms with Gasteiger partial charge < -0.3 is 41.3 Å². The third-order valence-corrected chi connectivity index (χ3v) is 16.3. The Morgan fingerprint density at radius 3 is 2.06 bits per heavy atom. The molecule has 0 aromatic heterocycles. The molecule has 0 bridgehead atoms. The van der Waals surface area contributed by atoms with E-state index in [1.54, 1.807) is 42.5 Å². The fraction of sp³-hybridized carbons (Fsp3) is 0.533. The Labute approximate surface area is 441 Å². The van der Waals surface area contributed by atoms with E-state index in [9.17, 15) is 56.1 Å². The summed E-state index contributed by atoms with van der Waals surface area (Å²) in [5, 5.41) is 15.6. The number of hydrogen-bond acceptors (Lipinski definition) is 16. The van der Waals surface area contributed by atoms with Gasteiger partial charge in [-0.15, -0.1) is 5.06 Å². The van der Waals surface area contributed by atoms with Crippen molar-refractivity contribution in [3.63, 3.8) is 0 Å². The fourth-order valence-electron chi connectivity index (χ4n) is 7.64. The first-order valence-corrected chi connectivity index (χ1v) is 27.9. The number of imide groups is 1. The number of ketones is 1. The summed E-state index contributed by atoms with van der Waals surface area (Å²) in [6.45, 7) is 1.10. The van der Waals surface area contributed by atoms with Crippen LogP contribution in [0.4, 0.5) is 4.79 Å². The molecule has 3 aliphatic rings. The molecule has 0 radical (unpaired) electrons. The van der Waals surface area contributed by atoms with Gasteiger partial charge in [0.1, 0.15) is 21.4 Å². The molecule has 2 aromatic rings. The minimum atomic E-state index is -5.10. The van der Waals surface area contributed by atoms with Crippen molar-refractivity contribution in [2.45, 2.75) is 112 Å². The molecule has 3 heterocycles. The van der Waals surface area contributed by atoms with E-state index in [1.807, 2.05) is 11.8 Å². The number of hydrogen-bond donors (Lipinski definition) is 6. The predicted octanol–water partition coefficient (Wildman–Crippen LogP) is -0.272. The van der Waals surface area contributed by atoms with E-state index >= 15 is 0 Å². The van der Waals surface area contributed by atoms with Gasteiger partial charge in [-0.1, -0.05) is 76.9 Å². The van der Waals surface area contributed by atoms with Crippen LogP contribution in [0.2, 0.25) is 0 Å². The summed E-state index contributed by atoms with van der Waals surface area (Å²) in [6, 6.07) is 14.1. The van der Waals surface area contributed by atoms with Crippen molar-refractivity contribution in [1.82, 2.24) is 37.0 Å². The molecule has 25 heteroatoms. The van der Waals surface area contributed by atoms with E-state index in [0.29, 0.717) is 67.3 Å². The number of hydroxylamine groups is 2. The van der Waals surface area contributed by atoms with E-state index in [2.05, 4.69) is 36.7 Å². The van der Waals surface area contributed by atoms with E-state index in [4.69, 9.17) is 0 Å². The van der Waals surface area contributed by atoms with E-state index in [1.165, 1.54) is 33.7 Å². The molecule has 3 fully saturated rings. The van der Waals surface area contributed by atoms with Crippen LogP contribution in [0.3, 0.4) is 0 Å². The van der Waals surface area contributed by atoms with Gasteiger partial charge in [0.05, 0.1) is 24.9 Å². The van der Waals surface area contributed by atoms with Crippen LogP contribution in [0.5, 0.6) is 0 Å². The van der Waals surface area contributed by atoms with Crippen molar-refractivity contribution < 1.29 is 90.5 Å². The number of carbonyl (C=O) groups is 9. The first-order chi connectivity index (χ1) is 33.1. The van der Waals surface area contributed by atoms with Crippen LogP contribution in [0.25, 0.3) is 0 Å². The van der Waals surface area contributed by atoms with Crippen LogP contribution in [-0.4, -0.2) is 137 Å². The van der Waals surface area contributed by atoms with Crippen LogP contribution in [0.1, 0.15) is 110 Å². The summed E-state index contributed by atoms with van der Waals surface area (Å²) in [4.78, 5) is 117. The van der Waals surface area contributed by atoms with Gasteiger partial charge in [0.2, 0.25) is 17.7 Å². The molecule has 5 rings (SSSR count). The Bertz CT molecular complexity index is 2260. The molecule has 8 amide bonds. The van der Waals surface area contributed by atoms with Gasteiger partial charge in [0, 0.05) is 71.7 Å². The molecule has 0 spiro atoms. The van der Waals surface area contributed by atoms with Crippen LogP contribution in [0.15, 0.2) is 54.6 Å². The fourth-order valence-corrected chi connectivity index (χ4v) is 11.8. The topological polar surface area (TPSA) is 295 Å². The third kappa shape index (κ3) is 19.1. The molecule has 5 atom stereocenters. The van der Waals surface area contributed by atoms with E-state index in [-0.39, 0.29) is 101 Å². The number of fused-ring (bicyclic) bond motifs is 1. The molecule has 1 unspecified atom stereocenters. The molecule has 376 valence electrons. The molecule has 2 aromatic carbocycles. The van der Waals surface area contributed by atoms with Crippen LogP contribution in [-0.2, 0) is 43.7 Å². The number of benzene rings is 2. The Kier molecular flexibility index (Phi) is 25.0. The number of carbonyl (C=O) groups excluding carboxylic acids is 9. The first-order valence-electron chi connectivity index (χ1n) is 22.9. The molecule has 20 nitrogen and oxygen atoms in total. The molecule has 0 aliphatic carbocycles. The van der Waals surface area contributed by atoms with Crippen LogP contribution < -0.4 is 61.5 Å². The molecule has 0 saturated carbocycles. The summed E-state index contributed by atoms with van der Waals surface area (Å²) in [5.41, 5.74) is 1.14. The van der Waals surface area contributed by atoms with Gasteiger partial charge in [-0.3, -0.25) is 33.6 Å². The van der Waals surface area contributed by atoms with E-state index < -0.39 is 57.4 Å². The van der Waals surface area contributed by atoms with Crippen molar-refractivity contribution in [3.8, 4) is 0 Å². The average molecular weight is 1060 g/mol. The summed E-state index contributed by atoms with van der Waals surface area (Å²) >= 11 is 1.86. The normalized spacial score (nSPS) is 18.7. The van der Waals surface area contributed by atoms with Crippen molar-refractivity contribution in [1.29, 1.82) is 0 Å². The van der Waals surface area contributed by atoms with Crippen LogP contribution >= 0.6 is 33.3 Å². The Balaban J connectivity index is 0.0000107. The van der Waals surface area contributed by atoms with Crippen molar-refractivity contribution in [2.75, 3.05) is 36.9 Å². The Morgan fingerprint density at radius 2 is 1.39 bits per heavy atom. The SMILES string of the molecule is O=C(CCCCCNC(=O)CCCC[C@H]1SC[C@H]2NC(=O)N[C@H]21)NCCCC[C@@H](NC(=O)c1ccc(C(=O)c2ccccc2)cc1)C(=O)NCCSSCCC(=O)ON1C(=O)CC(S(=O)(=O)[O-])C1=O.[Na+]. The van der Waals surface area contributed by atoms with Gasteiger partial charge in [-0.2, -0.15) is 11.8 Å². The largest absolute Gasteiger partial charge is 1.00 e. The van der Waals surface area contributed by atoms with Crippen molar-refractivity contribution in [3.05, 3.63) is 71.3 Å². The molecule has 3 aliphatic heterocycles. The Hall–Kier alpha value is -4.17. The number of rotatable bonds is 30. The quantitative estimate of drug-likeness (QED) is 0.0112. The zero-order valence-corrected chi connectivity index (χ0v) is 44.2. The zero-order valence-electron chi connectivity index (χ0n) is 38.9. The molecule has 3 saturated heterocycles. The van der Waals surface area contributed by atoms with Gasteiger partial charge >= 0.3 is 41.6 Å². The Morgan fingerprint density at radius 1 is 0.757 bits per heavy atom. The number of unbranched alkanes of at least 4 members (excludes halogenated alkanes) is 4. The zero-order chi connectivity index (χ0) is 49.8. The summed E-state index contributed by atoms with van der Waals surface area (Å²) in [6.07, 6.45) is 5.78. The van der Waals surface area contributed by atoms with Crippen molar-refractivity contribution >= 4 is 96.7 Å².